The van der Waals surface area contributed by atoms with E-state index in [0.717, 1.165) is 49.2 Å². The van der Waals surface area contributed by atoms with Crippen molar-refractivity contribution in [2.45, 2.75) is 25.4 Å². The van der Waals surface area contributed by atoms with Gasteiger partial charge in [0.25, 0.3) is 0 Å². The van der Waals surface area contributed by atoms with Crippen molar-refractivity contribution in [3.8, 4) is 11.3 Å². The summed E-state index contributed by atoms with van der Waals surface area (Å²) in [6.45, 7) is 3.14. The summed E-state index contributed by atoms with van der Waals surface area (Å²) in [6.07, 6.45) is 7.68. The van der Waals surface area contributed by atoms with Gasteiger partial charge in [0.15, 0.2) is 0 Å². The molecule has 0 saturated carbocycles. The summed E-state index contributed by atoms with van der Waals surface area (Å²) in [5, 5.41) is 2.34. The Kier molecular flexibility index (Phi) is 3.85. The number of piperidine rings is 1. The summed E-state index contributed by atoms with van der Waals surface area (Å²) in [4.78, 5) is 6.82. The predicted octanol–water partition coefficient (Wildman–Crippen LogP) is 3.42. The zero-order valence-electron chi connectivity index (χ0n) is 13.1. The maximum Gasteiger partial charge on any atom is 0.136 e. The van der Waals surface area contributed by atoms with Gasteiger partial charge in [-0.25, -0.2) is 0 Å². The van der Waals surface area contributed by atoms with Crippen LogP contribution in [-0.4, -0.2) is 29.0 Å². The van der Waals surface area contributed by atoms with Gasteiger partial charge in [0, 0.05) is 35.9 Å². The van der Waals surface area contributed by atoms with Gasteiger partial charge in [0.05, 0.1) is 6.26 Å². The monoisotopic (exact) mass is 307 g/mol. The molecule has 0 amide bonds. The maximum atomic E-state index is 5.99. The third-order valence-corrected chi connectivity index (χ3v) is 4.65. The molecule has 4 rings (SSSR count). The van der Waals surface area contributed by atoms with E-state index in [-0.39, 0.29) is 0 Å². The van der Waals surface area contributed by atoms with Crippen molar-refractivity contribution in [3.63, 3.8) is 0 Å². The summed E-state index contributed by atoms with van der Waals surface area (Å²) in [5.74, 6) is 0.865. The molecule has 3 aromatic rings. The Hall–Kier alpha value is -2.17. The fourth-order valence-corrected chi connectivity index (χ4v) is 3.31. The normalized spacial score (nSPS) is 16.9. The second-order valence-corrected chi connectivity index (χ2v) is 6.33. The van der Waals surface area contributed by atoms with Crippen LogP contribution in [-0.2, 0) is 6.54 Å². The first-order chi connectivity index (χ1) is 11.3. The van der Waals surface area contributed by atoms with Crippen molar-refractivity contribution in [3.05, 3.63) is 54.6 Å². The third-order valence-electron chi connectivity index (χ3n) is 4.65. The molecule has 3 heterocycles. The van der Waals surface area contributed by atoms with Gasteiger partial charge < -0.3 is 10.2 Å². The highest BCUT2D eigenvalue weighted by Crippen LogP contribution is 2.29. The van der Waals surface area contributed by atoms with E-state index in [1.54, 1.807) is 6.26 Å². The molecular formula is C19H21N3O. The summed E-state index contributed by atoms with van der Waals surface area (Å²) in [5.41, 5.74) is 8.37. The van der Waals surface area contributed by atoms with Crippen molar-refractivity contribution in [1.82, 2.24) is 9.88 Å². The van der Waals surface area contributed by atoms with E-state index in [9.17, 15) is 0 Å². The Morgan fingerprint density at radius 3 is 2.83 bits per heavy atom. The Morgan fingerprint density at radius 2 is 2.04 bits per heavy atom. The summed E-state index contributed by atoms with van der Waals surface area (Å²) in [6, 6.07) is 10.9. The van der Waals surface area contributed by atoms with E-state index >= 15 is 0 Å². The summed E-state index contributed by atoms with van der Waals surface area (Å²) in [7, 11) is 0. The molecule has 0 bridgehead atoms. The van der Waals surface area contributed by atoms with Gasteiger partial charge in [-0.2, -0.15) is 0 Å². The van der Waals surface area contributed by atoms with Crippen LogP contribution in [0.5, 0.6) is 0 Å². The van der Waals surface area contributed by atoms with Crippen LogP contribution in [0.1, 0.15) is 18.4 Å². The average molecular weight is 307 g/mol. The number of nitrogens with two attached hydrogens (primary N) is 1. The lowest BCUT2D eigenvalue weighted by Crippen LogP contribution is -2.39. The highest BCUT2D eigenvalue weighted by molar-refractivity contribution is 5.94. The molecule has 0 atom stereocenters. The van der Waals surface area contributed by atoms with Gasteiger partial charge in [-0.3, -0.25) is 9.88 Å². The molecule has 1 saturated heterocycles. The molecular weight excluding hydrogens is 286 g/mol. The van der Waals surface area contributed by atoms with E-state index in [1.165, 1.54) is 10.9 Å². The Balaban J connectivity index is 1.65. The minimum Gasteiger partial charge on any atom is -0.464 e. The molecule has 2 N–H and O–H groups in total. The van der Waals surface area contributed by atoms with Gasteiger partial charge in [0.2, 0.25) is 0 Å². The molecule has 1 aromatic carbocycles. The lowest BCUT2D eigenvalue weighted by molar-refractivity contribution is 0.206. The van der Waals surface area contributed by atoms with Crippen molar-refractivity contribution < 1.29 is 4.42 Å². The zero-order chi connectivity index (χ0) is 15.6. The molecule has 0 aliphatic carbocycles. The molecule has 1 fully saturated rings. The minimum absolute atomic E-state index is 0.375. The zero-order valence-corrected chi connectivity index (χ0v) is 13.1. The summed E-state index contributed by atoms with van der Waals surface area (Å²) >= 11 is 0. The van der Waals surface area contributed by atoms with Crippen LogP contribution < -0.4 is 5.73 Å². The molecule has 0 spiro atoms. The van der Waals surface area contributed by atoms with E-state index in [2.05, 4.69) is 28.1 Å². The van der Waals surface area contributed by atoms with E-state index in [1.807, 2.05) is 24.5 Å². The minimum atomic E-state index is 0.375. The number of hydrogen-bond acceptors (Lipinski definition) is 4. The number of nitrogens with zero attached hydrogens (tertiary/aromatic N) is 2. The smallest absolute Gasteiger partial charge is 0.136 e. The quantitative estimate of drug-likeness (QED) is 0.805. The third kappa shape index (κ3) is 3.00. The van der Waals surface area contributed by atoms with Gasteiger partial charge >= 0.3 is 0 Å². The Bertz CT molecular complexity index is 789. The van der Waals surface area contributed by atoms with Crippen LogP contribution >= 0.6 is 0 Å². The van der Waals surface area contributed by atoms with Crippen molar-refractivity contribution >= 4 is 10.8 Å². The first kappa shape index (κ1) is 14.4. The van der Waals surface area contributed by atoms with Crippen molar-refractivity contribution in [1.29, 1.82) is 0 Å². The first-order valence-electron chi connectivity index (χ1n) is 8.18. The first-order valence-corrected chi connectivity index (χ1v) is 8.18. The van der Waals surface area contributed by atoms with E-state index in [4.69, 9.17) is 10.2 Å². The van der Waals surface area contributed by atoms with Gasteiger partial charge in [0.1, 0.15) is 5.76 Å². The highest BCUT2D eigenvalue weighted by Gasteiger charge is 2.16. The SMILES string of the molecule is NC1CCN(Cc2ccc3cncc(-c4ccco4)c3c2)CC1. The number of hydrogen-bond donors (Lipinski definition) is 1. The molecule has 23 heavy (non-hydrogen) atoms. The van der Waals surface area contributed by atoms with E-state index < -0.39 is 0 Å². The van der Waals surface area contributed by atoms with Crippen LogP contribution in [0, 0.1) is 0 Å². The second kappa shape index (κ2) is 6.14. The van der Waals surface area contributed by atoms with Crippen LogP contribution in [0.3, 0.4) is 0 Å². The Morgan fingerprint density at radius 1 is 1.17 bits per heavy atom. The number of pyridine rings is 1. The lowest BCUT2D eigenvalue weighted by Gasteiger charge is -2.30. The lowest BCUT2D eigenvalue weighted by atomic mass is 10.0. The van der Waals surface area contributed by atoms with Crippen molar-refractivity contribution in [2.24, 2.45) is 5.73 Å². The van der Waals surface area contributed by atoms with Crippen LogP contribution in [0.4, 0.5) is 0 Å². The van der Waals surface area contributed by atoms with Gasteiger partial charge in [-0.15, -0.1) is 0 Å². The fraction of sp³-hybridized carbons (Fsp3) is 0.316. The maximum absolute atomic E-state index is 5.99. The number of benzene rings is 1. The molecule has 1 aliphatic rings. The molecule has 0 radical (unpaired) electrons. The number of fused-ring (bicyclic) bond motifs is 1. The molecule has 4 heteroatoms. The number of rotatable bonds is 3. The van der Waals surface area contributed by atoms with Crippen molar-refractivity contribution in [2.75, 3.05) is 13.1 Å². The highest BCUT2D eigenvalue weighted by atomic mass is 16.3. The topological polar surface area (TPSA) is 55.3 Å². The number of likely N-dealkylation sites (tertiary alicyclic amines) is 1. The predicted molar refractivity (Wildman–Crippen MR) is 91.9 cm³/mol. The number of aromatic nitrogens is 1. The second-order valence-electron chi connectivity index (χ2n) is 6.33. The largest absolute Gasteiger partial charge is 0.464 e. The average Bonchev–Trinajstić information content (AvgIpc) is 3.11. The molecule has 4 nitrogen and oxygen atoms in total. The molecule has 1 aliphatic heterocycles. The fourth-order valence-electron chi connectivity index (χ4n) is 3.31. The molecule has 0 unspecified atom stereocenters. The Labute approximate surface area is 135 Å². The molecule has 2 aromatic heterocycles. The number of furan rings is 1. The van der Waals surface area contributed by atoms with E-state index in [0.29, 0.717) is 6.04 Å². The van der Waals surface area contributed by atoms with Gasteiger partial charge in [-0.1, -0.05) is 12.1 Å². The van der Waals surface area contributed by atoms with Crippen LogP contribution in [0.2, 0.25) is 0 Å². The van der Waals surface area contributed by atoms with Crippen LogP contribution in [0.15, 0.2) is 53.4 Å². The van der Waals surface area contributed by atoms with Crippen LogP contribution in [0.25, 0.3) is 22.1 Å². The molecule has 118 valence electrons. The standard InChI is InChI=1S/C19H21N3O/c20-16-5-7-22(8-6-16)13-14-3-4-15-11-21-12-18(17(15)10-14)19-2-1-9-23-19/h1-4,9-12,16H,5-8,13,20H2. The summed E-state index contributed by atoms with van der Waals surface area (Å²) < 4.78 is 5.56. The van der Waals surface area contributed by atoms with Gasteiger partial charge in [-0.05, 0) is 55.1 Å².